The minimum Gasteiger partial charge on any atom is -0.497 e. The van der Waals surface area contributed by atoms with E-state index in [2.05, 4.69) is 58.0 Å². The summed E-state index contributed by atoms with van der Waals surface area (Å²) >= 11 is 0. The van der Waals surface area contributed by atoms with E-state index in [0.717, 1.165) is 50.2 Å². The van der Waals surface area contributed by atoms with E-state index in [9.17, 15) is 0 Å². The van der Waals surface area contributed by atoms with Crippen molar-refractivity contribution in [1.29, 1.82) is 0 Å². The first-order valence-corrected chi connectivity index (χ1v) is 9.76. The number of methoxy groups -OCH3 is 1. The van der Waals surface area contributed by atoms with Gasteiger partial charge in [0.2, 0.25) is 0 Å². The van der Waals surface area contributed by atoms with Crippen LogP contribution in [0, 0.1) is 27.7 Å². The minimum atomic E-state index is 0.786. The molecule has 146 valence electrons. The average molecular weight is 383 g/mol. The van der Waals surface area contributed by atoms with Crippen molar-refractivity contribution >= 4 is 16.7 Å². The normalized spacial score (nSPS) is 11.8. The van der Waals surface area contributed by atoms with E-state index in [1.807, 2.05) is 30.3 Å². The zero-order valence-corrected chi connectivity index (χ0v) is 17.5. The molecule has 1 heterocycles. The highest BCUT2D eigenvalue weighted by Gasteiger charge is 2.10. The average Bonchev–Trinajstić information content (AvgIpc) is 2.69. The molecule has 0 saturated heterocycles. The molecule has 0 aliphatic heterocycles. The fraction of sp³-hybridized carbons (Fsp3) is 0.192. The summed E-state index contributed by atoms with van der Waals surface area (Å²) in [6, 6.07) is 20.5. The van der Waals surface area contributed by atoms with Gasteiger partial charge < -0.3 is 9.15 Å². The highest BCUT2D eigenvalue weighted by Crippen LogP contribution is 2.27. The lowest BCUT2D eigenvalue weighted by Crippen LogP contribution is -2.05. The van der Waals surface area contributed by atoms with Gasteiger partial charge >= 0.3 is 0 Å². The molecule has 0 aliphatic rings. The summed E-state index contributed by atoms with van der Waals surface area (Å²) in [5.41, 5.74) is 7.54. The summed E-state index contributed by atoms with van der Waals surface area (Å²) in [4.78, 5) is 5.04. The van der Waals surface area contributed by atoms with Crippen LogP contribution >= 0.6 is 0 Å². The molecule has 3 heteroatoms. The van der Waals surface area contributed by atoms with Crippen LogP contribution in [-0.2, 0) is 0 Å². The van der Waals surface area contributed by atoms with Gasteiger partial charge in [-0.05, 0) is 80.8 Å². The molecule has 0 atom stereocenters. The maximum atomic E-state index is 6.31. The van der Waals surface area contributed by atoms with E-state index >= 15 is 0 Å². The Morgan fingerprint density at radius 3 is 2.17 bits per heavy atom. The van der Waals surface area contributed by atoms with Crippen LogP contribution in [0.2, 0.25) is 0 Å². The monoisotopic (exact) mass is 383 g/mol. The molecule has 3 aromatic carbocycles. The molecule has 29 heavy (non-hydrogen) atoms. The van der Waals surface area contributed by atoms with Crippen LogP contribution in [0.15, 0.2) is 70.1 Å². The topological polar surface area (TPSA) is 34.7 Å². The summed E-state index contributed by atoms with van der Waals surface area (Å²) in [5, 5.41) is 1.97. The van der Waals surface area contributed by atoms with Crippen LogP contribution in [0.4, 0.5) is 5.69 Å². The number of hydrogen-bond donors (Lipinski definition) is 0. The van der Waals surface area contributed by atoms with Crippen molar-refractivity contribution < 1.29 is 9.15 Å². The fourth-order valence-electron chi connectivity index (χ4n) is 3.73. The standard InChI is InChI=1S/C26H25NO2/c1-16-6-11-22(18(3)12-16)27-23-15-24(20-7-9-21(28-5)10-8-20)29-25-14-17(2)13-19(4)26(23)25/h6-15H,1-5H3. The predicted octanol–water partition coefficient (Wildman–Crippen LogP) is 6.57. The number of hydrogen-bond acceptors (Lipinski definition) is 3. The number of aryl methyl sites for hydroxylation is 4. The van der Waals surface area contributed by atoms with Crippen molar-refractivity contribution in [3.8, 4) is 17.1 Å². The lowest BCUT2D eigenvalue weighted by molar-refractivity contribution is 0.415. The molecule has 0 amide bonds. The molecule has 0 N–H and O–H groups in total. The van der Waals surface area contributed by atoms with Crippen LogP contribution in [0.5, 0.6) is 5.75 Å². The fourth-order valence-corrected chi connectivity index (χ4v) is 3.73. The van der Waals surface area contributed by atoms with Crippen LogP contribution in [0.3, 0.4) is 0 Å². The summed E-state index contributed by atoms with van der Waals surface area (Å²) < 4.78 is 11.6. The Bertz CT molecular complexity index is 1260. The molecule has 0 radical (unpaired) electrons. The first-order chi connectivity index (χ1) is 13.9. The third kappa shape index (κ3) is 3.81. The molecule has 0 unspecified atom stereocenters. The van der Waals surface area contributed by atoms with Gasteiger partial charge in [0.15, 0.2) is 0 Å². The molecule has 0 saturated carbocycles. The smallest absolute Gasteiger partial charge is 0.137 e. The summed E-state index contributed by atoms with van der Waals surface area (Å²) in [6.07, 6.45) is 0. The number of rotatable bonds is 3. The quantitative estimate of drug-likeness (QED) is 0.401. The van der Waals surface area contributed by atoms with Crippen LogP contribution in [-0.4, -0.2) is 7.11 Å². The number of nitrogens with zero attached hydrogens (tertiary/aromatic N) is 1. The van der Waals surface area contributed by atoms with Crippen molar-refractivity contribution in [3.63, 3.8) is 0 Å². The minimum absolute atomic E-state index is 0.786. The molecule has 4 aromatic rings. The molecule has 4 rings (SSSR count). The maximum Gasteiger partial charge on any atom is 0.137 e. The van der Waals surface area contributed by atoms with Gasteiger partial charge in [-0.3, -0.25) is 0 Å². The van der Waals surface area contributed by atoms with E-state index in [1.165, 1.54) is 11.1 Å². The van der Waals surface area contributed by atoms with Gasteiger partial charge in [0, 0.05) is 17.0 Å². The maximum absolute atomic E-state index is 6.31. The van der Waals surface area contributed by atoms with Crippen molar-refractivity contribution in [2.24, 2.45) is 4.99 Å². The van der Waals surface area contributed by atoms with E-state index < -0.39 is 0 Å². The van der Waals surface area contributed by atoms with Gasteiger partial charge in [-0.1, -0.05) is 23.8 Å². The van der Waals surface area contributed by atoms with Gasteiger partial charge in [0.05, 0.1) is 18.2 Å². The molecule has 1 aromatic heterocycles. The Hall–Kier alpha value is -3.33. The number of fused-ring (bicyclic) bond motifs is 1. The second kappa shape index (κ2) is 7.59. The van der Waals surface area contributed by atoms with E-state index in [0.29, 0.717) is 0 Å². The Balaban J connectivity index is 2.01. The molecule has 0 fully saturated rings. The van der Waals surface area contributed by atoms with Crippen LogP contribution in [0.25, 0.3) is 22.3 Å². The van der Waals surface area contributed by atoms with Crippen LogP contribution < -0.4 is 10.1 Å². The third-order valence-corrected chi connectivity index (χ3v) is 5.16. The van der Waals surface area contributed by atoms with E-state index in [4.69, 9.17) is 14.1 Å². The highest BCUT2D eigenvalue weighted by atomic mass is 16.5. The number of benzene rings is 3. The highest BCUT2D eigenvalue weighted by molar-refractivity contribution is 5.82. The van der Waals surface area contributed by atoms with Crippen molar-refractivity contribution in [2.75, 3.05) is 7.11 Å². The molecule has 0 spiro atoms. The summed E-state index contributed by atoms with van der Waals surface area (Å²) in [7, 11) is 1.67. The van der Waals surface area contributed by atoms with Crippen molar-refractivity contribution in [1.82, 2.24) is 0 Å². The second-order valence-corrected chi connectivity index (χ2v) is 7.58. The molecule has 3 nitrogen and oxygen atoms in total. The SMILES string of the molecule is COc1ccc(-c2cc(=Nc3ccc(C)cc3C)c3c(C)cc(C)cc3o2)cc1. The largest absolute Gasteiger partial charge is 0.497 e. The van der Waals surface area contributed by atoms with E-state index in [-0.39, 0.29) is 0 Å². The Morgan fingerprint density at radius 2 is 1.48 bits per heavy atom. The summed E-state index contributed by atoms with van der Waals surface area (Å²) in [5.74, 6) is 1.61. The zero-order chi connectivity index (χ0) is 20.5. The molecule has 0 aliphatic carbocycles. The Morgan fingerprint density at radius 1 is 0.759 bits per heavy atom. The second-order valence-electron chi connectivity index (χ2n) is 7.58. The lowest BCUT2D eigenvalue weighted by Gasteiger charge is -2.09. The number of ether oxygens (including phenoxy) is 1. The Labute approximate surface area is 171 Å². The van der Waals surface area contributed by atoms with Gasteiger partial charge in [-0.15, -0.1) is 0 Å². The van der Waals surface area contributed by atoms with Gasteiger partial charge in [-0.25, -0.2) is 4.99 Å². The molecular formula is C26H25NO2. The summed E-state index contributed by atoms with van der Waals surface area (Å²) in [6.45, 7) is 8.40. The van der Waals surface area contributed by atoms with Crippen molar-refractivity contribution in [3.05, 3.63) is 88.3 Å². The third-order valence-electron chi connectivity index (χ3n) is 5.16. The van der Waals surface area contributed by atoms with E-state index in [1.54, 1.807) is 7.11 Å². The Kier molecular flexibility index (Phi) is 4.98. The lowest BCUT2D eigenvalue weighted by atomic mass is 10.0. The van der Waals surface area contributed by atoms with Gasteiger partial charge in [0.1, 0.15) is 17.1 Å². The zero-order valence-electron chi connectivity index (χ0n) is 17.5. The van der Waals surface area contributed by atoms with Crippen molar-refractivity contribution in [2.45, 2.75) is 27.7 Å². The molecule has 0 bridgehead atoms. The molecular weight excluding hydrogens is 358 g/mol. The van der Waals surface area contributed by atoms with Crippen LogP contribution in [0.1, 0.15) is 22.3 Å². The van der Waals surface area contributed by atoms with Gasteiger partial charge in [0.25, 0.3) is 0 Å². The first-order valence-electron chi connectivity index (χ1n) is 9.76. The van der Waals surface area contributed by atoms with Gasteiger partial charge in [-0.2, -0.15) is 0 Å². The first kappa shape index (κ1) is 19.0. The predicted molar refractivity (Wildman–Crippen MR) is 119 cm³/mol.